The van der Waals surface area contributed by atoms with E-state index in [0.717, 1.165) is 23.1 Å². The van der Waals surface area contributed by atoms with Crippen LogP contribution in [0.15, 0.2) is 84.9 Å². The molecule has 0 amide bonds. The first-order chi connectivity index (χ1) is 17.5. The van der Waals surface area contributed by atoms with E-state index < -0.39 is 0 Å². The zero-order valence-corrected chi connectivity index (χ0v) is 21.7. The number of aromatic nitrogens is 2. The number of aryl methyl sites for hydroxylation is 1. The second kappa shape index (κ2) is 7.97. The molecule has 1 saturated carbocycles. The van der Waals surface area contributed by atoms with Crippen LogP contribution in [0.4, 0.5) is 0 Å². The number of hydrogen-bond acceptors (Lipinski definition) is 3. The summed E-state index contributed by atoms with van der Waals surface area (Å²) in [6.45, 7) is 6.91. The monoisotopic (exact) mass is 484 g/mol. The summed E-state index contributed by atoms with van der Waals surface area (Å²) in [5, 5.41) is 5.03. The summed E-state index contributed by atoms with van der Waals surface area (Å²) in [6.07, 6.45) is 2.09. The number of fused-ring (bicyclic) bond motifs is 3. The van der Waals surface area contributed by atoms with Gasteiger partial charge in [0.05, 0.1) is 21.1 Å². The van der Waals surface area contributed by atoms with Gasteiger partial charge < -0.3 is 0 Å². The zero-order valence-electron chi connectivity index (χ0n) is 20.9. The van der Waals surface area contributed by atoms with E-state index in [-0.39, 0.29) is 0 Å². The number of rotatable bonds is 4. The minimum Gasteiger partial charge on any atom is -0.248 e. The maximum absolute atomic E-state index is 5.42. The SMILES string of the molecule is CCc1nc2c(-c3ccc4ccccc4c3)sc(-c3ccc4ccccc4c3)c2nc1C1CC1(C)C. The van der Waals surface area contributed by atoms with Crippen LogP contribution in [0.1, 0.15) is 44.5 Å². The van der Waals surface area contributed by atoms with Crippen LogP contribution in [0.3, 0.4) is 0 Å². The van der Waals surface area contributed by atoms with Crippen LogP contribution in [-0.4, -0.2) is 9.97 Å². The minimum atomic E-state index is 0.312. The van der Waals surface area contributed by atoms with Gasteiger partial charge in [-0.15, -0.1) is 11.3 Å². The molecule has 0 bridgehead atoms. The van der Waals surface area contributed by atoms with Gasteiger partial charge in [0.2, 0.25) is 0 Å². The lowest BCUT2D eigenvalue weighted by Crippen LogP contribution is -2.03. The van der Waals surface area contributed by atoms with Crippen molar-refractivity contribution in [3.63, 3.8) is 0 Å². The molecule has 1 fully saturated rings. The molecule has 0 saturated heterocycles. The largest absolute Gasteiger partial charge is 0.248 e. The molecule has 176 valence electrons. The summed E-state index contributed by atoms with van der Waals surface area (Å²) < 4.78 is 0. The van der Waals surface area contributed by atoms with E-state index in [2.05, 4.69) is 106 Å². The molecule has 1 aliphatic carbocycles. The maximum atomic E-state index is 5.42. The minimum absolute atomic E-state index is 0.312. The van der Waals surface area contributed by atoms with Gasteiger partial charge in [0.1, 0.15) is 11.0 Å². The van der Waals surface area contributed by atoms with Crippen LogP contribution in [0.2, 0.25) is 0 Å². The summed E-state index contributed by atoms with van der Waals surface area (Å²) in [5.41, 5.74) is 7.20. The average molecular weight is 485 g/mol. The van der Waals surface area contributed by atoms with Crippen molar-refractivity contribution in [3.8, 4) is 20.9 Å². The fourth-order valence-electron chi connectivity index (χ4n) is 5.52. The molecule has 6 aromatic rings. The summed E-state index contributed by atoms with van der Waals surface area (Å²) in [7, 11) is 0. The van der Waals surface area contributed by atoms with Gasteiger partial charge in [-0.2, -0.15) is 0 Å². The Morgan fingerprint density at radius 3 is 1.72 bits per heavy atom. The Morgan fingerprint density at radius 2 is 1.22 bits per heavy atom. The molecule has 2 nitrogen and oxygen atoms in total. The fraction of sp³-hybridized carbons (Fsp3) is 0.212. The number of thiophene rings is 1. The summed E-state index contributed by atoms with van der Waals surface area (Å²) in [6, 6.07) is 30.7. The second-order valence-corrected chi connectivity index (χ2v) is 11.8. The Kier molecular flexibility index (Phi) is 4.81. The van der Waals surface area contributed by atoms with Crippen LogP contribution >= 0.6 is 11.3 Å². The van der Waals surface area contributed by atoms with Gasteiger partial charge >= 0.3 is 0 Å². The van der Waals surface area contributed by atoms with E-state index >= 15 is 0 Å². The molecular formula is C33H28N2S. The molecule has 0 radical (unpaired) electrons. The lowest BCUT2D eigenvalue weighted by atomic mass is 10.0. The molecule has 3 heteroatoms. The third-order valence-electron chi connectivity index (χ3n) is 7.83. The molecule has 1 aliphatic rings. The molecule has 1 unspecified atom stereocenters. The van der Waals surface area contributed by atoms with Crippen LogP contribution in [-0.2, 0) is 6.42 Å². The Morgan fingerprint density at radius 1 is 0.722 bits per heavy atom. The molecule has 36 heavy (non-hydrogen) atoms. The maximum Gasteiger partial charge on any atom is 0.108 e. The highest BCUT2D eigenvalue weighted by molar-refractivity contribution is 7.20. The van der Waals surface area contributed by atoms with Crippen molar-refractivity contribution in [1.82, 2.24) is 9.97 Å². The van der Waals surface area contributed by atoms with Gasteiger partial charge in [-0.3, -0.25) is 0 Å². The molecule has 0 N–H and O–H groups in total. The van der Waals surface area contributed by atoms with Crippen molar-refractivity contribution in [2.75, 3.05) is 0 Å². The number of nitrogens with zero attached hydrogens (tertiary/aromatic N) is 2. The average Bonchev–Trinajstić information content (AvgIpc) is 3.39. The lowest BCUT2D eigenvalue weighted by molar-refractivity contribution is 0.613. The first kappa shape index (κ1) is 21.7. The predicted molar refractivity (Wildman–Crippen MR) is 154 cm³/mol. The first-order valence-electron chi connectivity index (χ1n) is 12.8. The zero-order chi connectivity index (χ0) is 24.4. The normalized spacial score (nSPS) is 16.7. The molecule has 1 atom stereocenters. The Hall–Kier alpha value is -3.56. The van der Waals surface area contributed by atoms with Gasteiger partial charge in [-0.05, 0) is 63.1 Å². The van der Waals surface area contributed by atoms with Gasteiger partial charge in [-0.25, -0.2) is 9.97 Å². The highest BCUT2D eigenvalue weighted by Crippen LogP contribution is 2.59. The quantitative estimate of drug-likeness (QED) is 0.249. The lowest BCUT2D eigenvalue weighted by Gasteiger charge is -2.10. The molecule has 2 aromatic heterocycles. The van der Waals surface area contributed by atoms with Gasteiger partial charge in [-0.1, -0.05) is 93.6 Å². The Balaban J connectivity index is 1.50. The van der Waals surface area contributed by atoms with Crippen molar-refractivity contribution in [1.29, 1.82) is 0 Å². The first-order valence-corrected chi connectivity index (χ1v) is 13.6. The van der Waals surface area contributed by atoms with E-state index in [0.29, 0.717) is 11.3 Å². The standard InChI is InChI=1S/C33H28N2S/c1-4-27-28(26-19-33(26,2)3)35-30-29(34-27)31(24-15-13-20-9-5-7-11-22(20)17-24)36-32(30)25-16-14-21-10-6-8-12-23(21)18-25/h5-18,26H,4,19H2,1-3H3. The molecular weight excluding hydrogens is 456 g/mol. The Labute approximate surface area is 215 Å². The molecule has 2 heterocycles. The summed E-state index contributed by atoms with van der Waals surface area (Å²) in [5.74, 6) is 0.498. The van der Waals surface area contributed by atoms with E-state index in [1.54, 1.807) is 0 Å². The number of hydrogen-bond donors (Lipinski definition) is 0. The van der Waals surface area contributed by atoms with Crippen molar-refractivity contribution in [2.24, 2.45) is 5.41 Å². The topological polar surface area (TPSA) is 25.8 Å². The molecule has 0 spiro atoms. The fourth-order valence-corrected chi connectivity index (χ4v) is 6.70. The van der Waals surface area contributed by atoms with Crippen LogP contribution in [0, 0.1) is 5.41 Å². The highest BCUT2D eigenvalue weighted by atomic mass is 32.1. The van der Waals surface area contributed by atoms with Gasteiger partial charge in [0, 0.05) is 5.92 Å². The van der Waals surface area contributed by atoms with E-state index in [1.165, 1.54) is 54.5 Å². The third-order valence-corrected chi connectivity index (χ3v) is 9.10. The summed E-state index contributed by atoms with van der Waals surface area (Å²) in [4.78, 5) is 13.2. The molecule has 7 rings (SSSR count). The van der Waals surface area contributed by atoms with Crippen molar-refractivity contribution in [3.05, 3.63) is 96.3 Å². The van der Waals surface area contributed by atoms with Crippen LogP contribution in [0.5, 0.6) is 0 Å². The number of benzene rings is 4. The smallest absolute Gasteiger partial charge is 0.108 e. The molecule has 4 aromatic carbocycles. The van der Waals surface area contributed by atoms with Crippen molar-refractivity contribution in [2.45, 2.75) is 39.5 Å². The van der Waals surface area contributed by atoms with E-state index in [9.17, 15) is 0 Å². The second-order valence-electron chi connectivity index (χ2n) is 10.7. The van der Waals surface area contributed by atoms with Crippen LogP contribution in [0.25, 0.3) is 53.5 Å². The van der Waals surface area contributed by atoms with E-state index in [1.807, 2.05) is 11.3 Å². The Bertz CT molecular complexity index is 1790. The van der Waals surface area contributed by atoms with Crippen molar-refractivity contribution >= 4 is 43.9 Å². The van der Waals surface area contributed by atoms with Gasteiger partial charge in [0.25, 0.3) is 0 Å². The van der Waals surface area contributed by atoms with Crippen LogP contribution < -0.4 is 0 Å². The van der Waals surface area contributed by atoms with Gasteiger partial charge in [0.15, 0.2) is 0 Å². The summed E-state index contributed by atoms with van der Waals surface area (Å²) >= 11 is 1.83. The van der Waals surface area contributed by atoms with Crippen molar-refractivity contribution < 1.29 is 0 Å². The highest BCUT2D eigenvalue weighted by Gasteiger charge is 2.48. The van der Waals surface area contributed by atoms with E-state index in [4.69, 9.17) is 9.97 Å². The third kappa shape index (κ3) is 3.45. The predicted octanol–water partition coefficient (Wildman–Crippen LogP) is 9.41. The molecule has 0 aliphatic heterocycles.